The zero-order valence-electron chi connectivity index (χ0n) is 21.0. The fourth-order valence-corrected chi connectivity index (χ4v) is 5.24. The number of rotatable bonds is 10. The molecule has 248 valence electrons. The minimum Gasteiger partial charge on any atom is -0.465 e. The van der Waals surface area contributed by atoms with E-state index >= 15 is 0 Å². The Labute approximate surface area is 232 Å². The summed E-state index contributed by atoms with van der Waals surface area (Å²) in [5, 5.41) is -0.227. The Morgan fingerprint density at radius 1 is 0.767 bits per heavy atom. The van der Waals surface area contributed by atoms with Gasteiger partial charge in [0.05, 0.1) is 12.7 Å². The van der Waals surface area contributed by atoms with Crippen LogP contribution in [0.15, 0.2) is 0 Å². The lowest BCUT2D eigenvalue weighted by atomic mass is 9.85. The Kier molecular flexibility index (Phi) is 9.21. The lowest BCUT2D eigenvalue weighted by molar-refractivity contribution is -0.459. The van der Waals surface area contributed by atoms with Crippen LogP contribution in [-0.4, -0.2) is 66.6 Å². The van der Waals surface area contributed by atoms with Gasteiger partial charge in [0.1, 0.15) is 5.00 Å². The molecule has 1 heterocycles. The van der Waals surface area contributed by atoms with Crippen LogP contribution in [0.4, 0.5) is 79.6 Å². The van der Waals surface area contributed by atoms with Crippen molar-refractivity contribution in [2.24, 2.45) is 5.92 Å². The highest BCUT2D eigenvalue weighted by atomic mass is 32.1. The van der Waals surface area contributed by atoms with Crippen molar-refractivity contribution in [1.29, 1.82) is 0 Å². The average Bonchev–Trinajstić information content (AvgIpc) is 3.23. The Bertz CT molecular complexity index is 1240. The van der Waals surface area contributed by atoms with Gasteiger partial charge >= 0.3 is 59.5 Å². The van der Waals surface area contributed by atoms with E-state index in [1.165, 1.54) is 0 Å². The van der Waals surface area contributed by atoms with Gasteiger partial charge in [0.25, 0.3) is 0 Å². The highest BCUT2D eigenvalue weighted by Gasteiger charge is 2.95. The quantitative estimate of drug-likeness (QED) is 0.201. The molecule has 0 bridgehead atoms. The molecule has 4 nitrogen and oxygen atoms in total. The molecule has 0 aromatic carbocycles. The second-order valence-corrected chi connectivity index (χ2v) is 10.3. The molecule has 0 spiro atoms. The van der Waals surface area contributed by atoms with E-state index in [-0.39, 0.29) is 40.5 Å². The molecular weight excluding hydrogens is 669 g/mol. The summed E-state index contributed by atoms with van der Waals surface area (Å²) in [5.74, 6) is -63.9. The summed E-state index contributed by atoms with van der Waals surface area (Å²) in [5.41, 5.74) is -0.738. The maximum Gasteiger partial charge on any atom is 0.460 e. The second kappa shape index (κ2) is 10.8. The van der Waals surface area contributed by atoms with Gasteiger partial charge < -0.3 is 10.1 Å². The summed E-state index contributed by atoms with van der Waals surface area (Å²) >= 11 is 0.250. The van der Waals surface area contributed by atoms with Crippen LogP contribution in [-0.2, 0) is 22.4 Å². The number of anilines is 1. The number of methoxy groups -OCH3 is 1. The molecule has 0 aliphatic heterocycles. The zero-order valence-corrected chi connectivity index (χ0v) is 21.8. The van der Waals surface area contributed by atoms with Crippen molar-refractivity contribution in [3.05, 3.63) is 16.0 Å². The first-order chi connectivity index (χ1) is 19.0. The fraction of sp³-hybridized carbons (Fsp3) is 0.714. The largest absolute Gasteiger partial charge is 0.465 e. The molecule has 1 atom stereocenters. The summed E-state index contributed by atoms with van der Waals surface area (Å²) in [4.78, 5) is 24.4. The number of halogens is 17. The van der Waals surface area contributed by atoms with E-state index in [2.05, 4.69) is 4.74 Å². The van der Waals surface area contributed by atoms with Gasteiger partial charge in [-0.05, 0) is 30.7 Å². The maximum absolute atomic E-state index is 14.4. The van der Waals surface area contributed by atoms with Gasteiger partial charge in [0.15, 0.2) is 0 Å². The number of fused-ring (bicyclic) bond motifs is 1. The molecule has 0 saturated carbocycles. The number of carbonyl (C=O) groups is 2. The van der Waals surface area contributed by atoms with Crippen molar-refractivity contribution in [1.82, 2.24) is 0 Å². The minimum absolute atomic E-state index is 0.00729. The molecule has 43 heavy (non-hydrogen) atoms. The van der Waals surface area contributed by atoms with Gasteiger partial charge in [0, 0.05) is 4.88 Å². The third-order valence-corrected chi connectivity index (χ3v) is 7.74. The van der Waals surface area contributed by atoms with E-state index in [9.17, 15) is 84.2 Å². The van der Waals surface area contributed by atoms with Crippen LogP contribution in [0.2, 0.25) is 0 Å². The van der Waals surface area contributed by atoms with Crippen LogP contribution < -0.4 is 5.32 Å². The first-order valence-corrected chi connectivity index (χ1v) is 12.1. The molecular formula is C21H16F17NO3S. The van der Waals surface area contributed by atoms with E-state index < -0.39 is 70.1 Å². The number of carbonyl (C=O) groups excluding carboxylic acids is 2. The van der Waals surface area contributed by atoms with Crippen LogP contribution in [0.3, 0.4) is 0 Å². The topological polar surface area (TPSA) is 55.4 Å². The normalized spacial score (nSPS) is 17.9. The summed E-state index contributed by atoms with van der Waals surface area (Å²) in [7, 11) is 0.722. The van der Waals surface area contributed by atoms with E-state index in [1.54, 1.807) is 6.92 Å². The summed E-state index contributed by atoms with van der Waals surface area (Å²) in [6.07, 6.45) is -6.86. The van der Waals surface area contributed by atoms with E-state index in [4.69, 9.17) is 0 Å². The van der Waals surface area contributed by atoms with Crippen molar-refractivity contribution in [3.63, 3.8) is 0 Å². The number of hydrogen-bond donors (Lipinski definition) is 1. The Balaban J connectivity index is 2.58. The molecule has 1 aromatic heterocycles. The highest BCUT2D eigenvalue weighted by Crippen LogP contribution is 2.64. The number of thiophene rings is 1. The maximum atomic E-state index is 14.4. The predicted octanol–water partition coefficient (Wildman–Crippen LogP) is 8.00. The lowest BCUT2D eigenvalue weighted by Crippen LogP contribution is -2.75. The summed E-state index contributed by atoms with van der Waals surface area (Å²) in [6, 6.07) is 0. The van der Waals surface area contributed by atoms with Gasteiger partial charge in [-0.15, -0.1) is 11.3 Å². The third kappa shape index (κ3) is 5.17. The smallest absolute Gasteiger partial charge is 0.460 e. The molecule has 1 unspecified atom stereocenters. The van der Waals surface area contributed by atoms with Crippen molar-refractivity contribution in [2.75, 3.05) is 12.4 Å². The molecule has 1 aliphatic carbocycles. The van der Waals surface area contributed by atoms with Crippen LogP contribution in [0.1, 0.15) is 40.6 Å². The second-order valence-electron chi connectivity index (χ2n) is 9.19. The monoisotopic (exact) mass is 685 g/mol. The SMILES string of the molecule is CCC1CCc2c(sc(NC(=O)C(F)(F)C(F)(F)C(F)(F)C(F)(F)C(F)(F)C(F)(F)C(F)(F)C(F)(F)F)c2C(=O)OC)C1. The number of ether oxygens (including phenoxy) is 1. The Morgan fingerprint density at radius 2 is 1.21 bits per heavy atom. The van der Waals surface area contributed by atoms with Crippen LogP contribution >= 0.6 is 11.3 Å². The number of esters is 1. The molecule has 1 amide bonds. The molecule has 2 rings (SSSR count). The number of nitrogens with one attached hydrogen (secondary N) is 1. The Morgan fingerprint density at radius 3 is 1.63 bits per heavy atom. The van der Waals surface area contributed by atoms with E-state index in [0.29, 0.717) is 12.8 Å². The number of hydrogen-bond acceptors (Lipinski definition) is 4. The fourth-order valence-electron chi connectivity index (χ4n) is 3.90. The molecule has 1 aromatic rings. The van der Waals surface area contributed by atoms with Gasteiger partial charge in [-0.2, -0.15) is 74.6 Å². The van der Waals surface area contributed by atoms with Crippen LogP contribution in [0.25, 0.3) is 0 Å². The third-order valence-electron chi connectivity index (χ3n) is 6.57. The summed E-state index contributed by atoms with van der Waals surface area (Å²) in [6.45, 7) is 1.72. The molecule has 22 heteroatoms. The lowest BCUT2D eigenvalue weighted by Gasteiger charge is -2.42. The van der Waals surface area contributed by atoms with E-state index in [0.717, 1.165) is 12.4 Å². The van der Waals surface area contributed by atoms with Crippen LogP contribution in [0, 0.1) is 5.92 Å². The first kappa shape index (κ1) is 36.6. The van der Waals surface area contributed by atoms with Crippen molar-refractivity contribution < 1.29 is 89.0 Å². The molecule has 0 saturated heterocycles. The Hall–Kier alpha value is -2.55. The molecule has 1 aliphatic rings. The van der Waals surface area contributed by atoms with Gasteiger partial charge in [-0.3, -0.25) is 4.79 Å². The molecule has 1 N–H and O–H groups in total. The van der Waals surface area contributed by atoms with Gasteiger partial charge in [-0.25, -0.2) is 4.79 Å². The minimum atomic E-state index is -8.81. The van der Waals surface area contributed by atoms with E-state index in [1.807, 2.05) is 0 Å². The number of amides is 1. The van der Waals surface area contributed by atoms with Gasteiger partial charge in [-0.1, -0.05) is 13.3 Å². The zero-order chi connectivity index (χ0) is 34.0. The van der Waals surface area contributed by atoms with Crippen molar-refractivity contribution >= 4 is 28.2 Å². The van der Waals surface area contributed by atoms with Crippen LogP contribution in [0.5, 0.6) is 0 Å². The summed E-state index contributed by atoms with van der Waals surface area (Å²) < 4.78 is 234. The molecule has 0 radical (unpaired) electrons. The van der Waals surface area contributed by atoms with Crippen molar-refractivity contribution in [3.8, 4) is 0 Å². The molecule has 0 fully saturated rings. The number of alkyl halides is 17. The predicted molar refractivity (Wildman–Crippen MR) is 111 cm³/mol. The standard InChI is InChI=1S/C21H16F17NO3S/c1-3-7-4-5-8-9(6-7)43-11(10(8)12(40)42-2)39-13(41)14(22,23)15(24,25)16(26,27)17(28,29)18(30,31)19(32,33)20(34,35)21(36,37)38/h7H,3-6H2,1-2H3,(H,39,41). The highest BCUT2D eigenvalue weighted by molar-refractivity contribution is 7.17. The average molecular weight is 685 g/mol. The first-order valence-electron chi connectivity index (χ1n) is 11.3. The van der Waals surface area contributed by atoms with Crippen molar-refractivity contribution in [2.45, 2.75) is 80.2 Å². The van der Waals surface area contributed by atoms with Gasteiger partial charge in [0.2, 0.25) is 0 Å².